The van der Waals surface area contributed by atoms with Gasteiger partial charge in [0.2, 0.25) is 0 Å². The van der Waals surface area contributed by atoms with E-state index < -0.39 is 17.8 Å². The Labute approximate surface area is 115 Å². The van der Waals surface area contributed by atoms with E-state index in [9.17, 15) is 18.3 Å². The minimum Gasteiger partial charge on any atom is -0.384 e. The molecule has 0 aliphatic carbocycles. The van der Waals surface area contributed by atoms with E-state index >= 15 is 0 Å². The summed E-state index contributed by atoms with van der Waals surface area (Å²) >= 11 is 0. The Morgan fingerprint density at radius 1 is 0.950 bits per heavy atom. The molecule has 2 aromatic rings. The molecule has 20 heavy (non-hydrogen) atoms. The SMILES string of the molecule is Cc1ccc(C(O)c2ccccc2C(F)(F)F)c(C)c1. The summed E-state index contributed by atoms with van der Waals surface area (Å²) in [5.41, 5.74) is 1.35. The molecule has 2 rings (SSSR count). The molecule has 2 aromatic carbocycles. The van der Waals surface area contributed by atoms with Gasteiger partial charge < -0.3 is 5.11 Å². The fraction of sp³-hybridized carbons (Fsp3) is 0.250. The van der Waals surface area contributed by atoms with Gasteiger partial charge in [0.1, 0.15) is 6.10 Å². The van der Waals surface area contributed by atoms with Crippen LogP contribution < -0.4 is 0 Å². The number of alkyl halides is 3. The largest absolute Gasteiger partial charge is 0.416 e. The van der Waals surface area contributed by atoms with Gasteiger partial charge in [-0.25, -0.2) is 0 Å². The van der Waals surface area contributed by atoms with Crippen molar-refractivity contribution in [2.75, 3.05) is 0 Å². The number of aryl methyl sites for hydroxylation is 2. The molecule has 1 nitrogen and oxygen atoms in total. The van der Waals surface area contributed by atoms with Crippen molar-refractivity contribution in [2.24, 2.45) is 0 Å². The zero-order valence-electron chi connectivity index (χ0n) is 11.2. The Bertz CT molecular complexity index is 617. The summed E-state index contributed by atoms with van der Waals surface area (Å²) in [6, 6.07) is 10.4. The number of hydrogen-bond acceptors (Lipinski definition) is 1. The van der Waals surface area contributed by atoms with Crippen molar-refractivity contribution in [1.29, 1.82) is 0 Å². The fourth-order valence-corrected chi connectivity index (χ4v) is 2.29. The molecule has 1 atom stereocenters. The van der Waals surface area contributed by atoms with Gasteiger partial charge in [0.15, 0.2) is 0 Å². The van der Waals surface area contributed by atoms with Gasteiger partial charge in [0, 0.05) is 0 Å². The zero-order chi connectivity index (χ0) is 14.9. The highest BCUT2D eigenvalue weighted by molar-refractivity contribution is 5.41. The predicted molar refractivity (Wildman–Crippen MR) is 71.4 cm³/mol. The summed E-state index contributed by atoms with van der Waals surface area (Å²) in [5, 5.41) is 10.3. The topological polar surface area (TPSA) is 20.2 Å². The first-order valence-corrected chi connectivity index (χ1v) is 6.22. The molecule has 0 bridgehead atoms. The molecule has 0 fully saturated rings. The first-order chi connectivity index (χ1) is 9.30. The minimum atomic E-state index is -4.48. The van der Waals surface area contributed by atoms with Crippen molar-refractivity contribution in [1.82, 2.24) is 0 Å². The second-order valence-corrected chi connectivity index (χ2v) is 4.85. The van der Waals surface area contributed by atoms with E-state index in [1.165, 1.54) is 18.2 Å². The van der Waals surface area contributed by atoms with Gasteiger partial charge in [0.25, 0.3) is 0 Å². The van der Waals surface area contributed by atoms with E-state index in [1.54, 1.807) is 19.1 Å². The van der Waals surface area contributed by atoms with Crippen LogP contribution in [0, 0.1) is 13.8 Å². The monoisotopic (exact) mass is 280 g/mol. The molecule has 0 amide bonds. The van der Waals surface area contributed by atoms with Crippen LogP contribution in [0.2, 0.25) is 0 Å². The van der Waals surface area contributed by atoms with E-state index in [4.69, 9.17) is 0 Å². The number of aliphatic hydroxyl groups is 1. The van der Waals surface area contributed by atoms with Gasteiger partial charge in [-0.15, -0.1) is 0 Å². The van der Waals surface area contributed by atoms with Crippen molar-refractivity contribution in [3.8, 4) is 0 Å². The summed E-state index contributed by atoms with van der Waals surface area (Å²) in [7, 11) is 0. The molecular formula is C16H15F3O. The van der Waals surface area contributed by atoms with Crippen LogP contribution in [0.15, 0.2) is 42.5 Å². The molecule has 0 saturated heterocycles. The number of hydrogen-bond donors (Lipinski definition) is 1. The van der Waals surface area contributed by atoms with Crippen molar-refractivity contribution in [3.63, 3.8) is 0 Å². The molecule has 0 radical (unpaired) electrons. The van der Waals surface area contributed by atoms with Gasteiger partial charge in [0.05, 0.1) is 5.56 Å². The third kappa shape index (κ3) is 2.85. The summed E-state index contributed by atoms with van der Waals surface area (Å²) in [6.07, 6.45) is -5.76. The Morgan fingerprint density at radius 3 is 2.20 bits per heavy atom. The molecule has 0 spiro atoms. The summed E-state index contributed by atoms with van der Waals surface area (Å²) in [6.45, 7) is 3.68. The lowest BCUT2D eigenvalue weighted by molar-refractivity contribution is -0.139. The van der Waals surface area contributed by atoms with Crippen molar-refractivity contribution >= 4 is 0 Å². The van der Waals surface area contributed by atoms with Crippen LogP contribution in [0.5, 0.6) is 0 Å². The Hall–Kier alpha value is -1.81. The van der Waals surface area contributed by atoms with Crippen LogP contribution in [0.1, 0.15) is 33.9 Å². The maximum absolute atomic E-state index is 13.0. The van der Waals surface area contributed by atoms with Crippen LogP contribution in [0.3, 0.4) is 0 Å². The van der Waals surface area contributed by atoms with Gasteiger partial charge in [-0.3, -0.25) is 0 Å². The normalized spacial score (nSPS) is 13.3. The smallest absolute Gasteiger partial charge is 0.384 e. The highest BCUT2D eigenvalue weighted by atomic mass is 19.4. The van der Waals surface area contributed by atoms with Crippen molar-refractivity contribution in [2.45, 2.75) is 26.1 Å². The van der Waals surface area contributed by atoms with E-state index in [0.29, 0.717) is 5.56 Å². The maximum Gasteiger partial charge on any atom is 0.416 e. The Kier molecular flexibility index (Phi) is 3.86. The summed E-state index contributed by atoms with van der Waals surface area (Å²) in [4.78, 5) is 0. The van der Waals surface area contributed by atoms with E-state index in [-0.39, 0.29) is 5.56 Å². The number of halogens is 3. The molecule has 0 saturated carbocycles. The Morgan fingerprint density at radius 2 is 1.60 bits per heavy atom. The summed E-state index contributed by atoms with van der Waals surface area (Å²) in [5.74, 6) is 0. The molecule has 106 valence electrons. The second-order valence-electron chi connectivity index (χ2n) is 4.85. The highest BCUT2D eigenvalue weighted by Gasteiger charge is 2.35. The number of rotatable bonds is 2. The van der Waals surface area contributed by atoms with Crippen LogP contribution in [0.4, 0.5) is 13.2 Å². The first-order valence-electron chi connectivity index (χ1n) is 6.22. The van der Waals surface area contributed by atoms with Gasteiger partial charge in [-0.1, -0.05) is 42.0 Å². The molecule has 4 heteroatoms. The molecule has 0 heterocycles. The van der Waals surface area contributed by atoms with Gasteiger partial charge >= 0.3 is 6.18 Å². The van der Waals surface area contributed by atoms with Crippen LogP contribution >= 0.6 is 0 Å². The lowest BCUT2D eigenvalue weighted by Gasteiger charge is -2.19. The minimum absolute atomic E-state index is 0.119. The molecule has 1 N–H and O–H groups in total. The standard InChI is InChI=1S/C16H15F3O/c1-10-7-8-12(11(2)9-10)15(20)13-5-3-4-6-14(13)16(17,18)19/h3-9,15,20H,1-2H3. The van der Waals surface area contributed by atoms with E-state index in [2.05, 4.69) is 0 Å². The van der Waals surface area contributed by atoms with Gasteiger partial charge in [-0.05, 0) is 36.6 Å². The summed E-state index contributed by atoms with van der Waals surface area (Å²) < 4.78 is 38.9. The third-order valence-corrected chi connectivity index (χ3v) is 3.28. The van der Waals surface area contributed by atoms with Crippen molar-refractivity contribution in [3.05, 3.63) is 70.3 Å². The molecule has 1 unspecified atom stereocenters. The molecular weight excluding hydrogens is 265 g/mol. The quantitative estimate of drug-likeness (QED) is 0.864. The van der Waals surface area contributed by atoms with Crippen molar-refractivity contribution < 1.29 is 18.3 Å². The Balaban J connectivity index is 2.51. The fourth-order valence-electron chi connectivity index (χ4n) is 2.29. The van der Waals surface area contributed by atoms with E-state index in [1.807, 2.05) is 13.0 Å². The molecule has 0 aliphatic rings. The molecule has 0 aromatic heterocycles. The molecule has 0 aliphatic heterocycles. The lowest BCUT2D eigenvalue weighted by atomic mass is 9.93. The maximum atomic E-state index is 13.0. The van der Waals surface area contributed by atoms with E-state index in [0.717, 1.165) is 17.2 Å². The van der Waals surface area contributed by atoms with Crippen LogP contribution in [-0.2, 0) is 6.18 Å². The number of benzene rings is 2. The highest BCUT2D eigenvalue weighted by Crippen LogP contribution is 2.37. The zero-order valence-corrected chi connectivity index (χ0v) is 11.2. The van der Waals surface area contributed by atoms with Crippen LogP contribution in [-0.4, -0.2) is 5.11 Å². The second kappa shape index (κ2) is 5.29. The predicted octanol–water partition coefficient (Wildman–Crippen LogP) is 4.40. The number of aliphatic hydroxyl groups excluding tert-OH is 1. The first kappa shape index (κ1) is 14.6. The van der Waals surface area contributed by atoms with Gasteiger partial charge in [-0.2, -0.15) is 13.2 Å². The third-order valence-electron chi connectivity index (χ3n) is 3.28. The van der Waals surface area contributed by atoms with Crippen LogP contribution in [0.25, 0.3) is 0 Å². The average Bonchev–Trinajstić information content (AvgIpc) is 2.37. The average molecular weight is 280 g/mol. The lowest BCUT2D eigenvalue weighted by Crippen LogP contribution is -2.13.